The van der Waals surface area contributed by atoms with Gasteiger partial charge in [-0.1, -0.05) is 12.1 Å². The zero-order valence-electron chi connectivity index (χ0n) is 15.1. The van der Waals surface area contributed by atoms with Crippen LogP contribution >= 0.6 is 0 Å². The molecule has 1 aromatic heterocycles. The number of carbonyl (C=O) groups excluding carboxylic acids is 1. The van der Waals surface area contributed by atoms with Crippen LogP contribution in [0.2, 0.25) is 0 Å². The Morgan fingerprint density at radius 1 is 1.08 bits per heavy atom. The van der Waals surface area contributed by atoms with E-state index in [2.05, 4.69) is 10.2 Å². The molecule has 3 rings (SSSR count). The Hall–Kier alpha value is -2.12. The molecule has 0 aliphatic carbocycles. The highest BCUT2D eigenvalue weighted by atomic mass is 16.5. The van der Waals surface area contributed by atoms with Crippen LogP contribution in [0.15, 0.2) is 33.5 Å². The summed E-state index contributed by atoms with van der Waals surface area (Å²) in [6.07, 6.45) is 3.09. The number of benzene rings is 1. The second kappa shape index (κ2) is 9.54. The summed E-state index contributed by atoms with van der Waals surface area (Å²) < 4.78 is 12.1. The molecule has 142 valence electrons. The number of oxazole rings is 1. The van der Waals surface area contributed by atoms with Gasteiger partial charge in [0.2, 0.25) is 5.91 Å². The molecular formula is C19H27N3O4. The molecule has 2 aromatic rings. The number of aromatic nitrogens is 1. The van der Waals surface area contributed by atoms with Crippen LogP contribution in [0.3, 0.4) is 0 Å². The first-order valence-corrected chi connectivity index (χ1v) is 9.39. The van der Waals surface area contributed by atoms with Crippen molar-refractivity contribution in [2.45, 2.75) is 32.2 Å². The Morgan fingerprint density at radius 3 is 2.73 bits per heavy atom. The zero-order valence-corrected chi connectivity index (χ0v) is 15.1. The number of aryl methyl sites for hydroxylation is 1. The van der Waals surface area contributed by atoms with Crippen molar-refractivity contribution in [3.63, 3.8) is 0 Å². The molecule has 1 aliphatic heterocycles. The highest BCUT2D eigenvalue weighted by molar-refractivity contribution is 5.76. The van der Waals surface area contributed by atoms with E-state index in [1.54, 1.807) is 10.6 Å². The van der Waals surface area contributed by atoms with Gasteiger partial charge in [-0.25, -0.2) is 4.79 Å². The summed E-state index contributed by atoms with van der Waals surface area (Å²) in [4.78, 5) is 26.2. The number of unbranched alkanes of at least 4 members (excludes halogenated alkanes) is 1. The van der Waals surface area contributed by atoms with Gasteiger partial charge in [-0.15, -0.1) is 0 Å². The van der Waals surface area contributed by atoms with Crippen LogP contribution < -0.4 is 11.1 Å². The van der Waals surface area contributed by atoms with Gasteiger partial charge in [0, 0.05) is 32.6 Å². The molecule has 1 aliphatic rings. The topological polar surface area (TPSA) is 76.7 Å². The molecule has 0 unspecified atom stereocenters. The number of hydrogen-bond acceptors (Lipinski definition) is 5. The van der Waals surface area contributed by atoms with Gasteiger partial charge < -0.3 is 14.5 Å². The summed E-state index contributed by atoms with van der Waals surface area (Å²) >= 11 is 0. The molecule has 7 nitrogen and oxygen atoms in total. The fourth-order valence-corrected chi connectivity index (χ4v) is 3.22. The number of nitrogens with one attached hydrogen (secondary N) is 1. The van der Waals surface area contributed by atoms with Crippen molar-refractivity contribution in [2.75, 3.05) is 39.4 Å². The fraction of sp³-hybridized carbons (Fsp3) is 0.579. The van der Waals surface area contributed by atoms with Gasteiger partial charge in [0.25, 0.3) is 0 Å². The Balaban J connectivity index is 1.30. The average Bonchev–Trinajstić information content (AvgIpc) is 2.98. The lowest BCUT2D eigenvalue weighted by molar-refractivity contribution is -0.121. The second-order valence-corrected chi connectivity index (χ2v) is 6.60. The number of para-hydroxylation sites is 2. The number of morpholine rings is 1. The third-order valence-corrected chi connectivity index (χ3v) is 4.69. The van der Waals surface area contributed by atoms with Crippen LogP contribution in [-0.4, -0.2) is 54.8 Å². The van der Waals surface area contributed by atoms with Crippen LogP contribution in [-0.2, 0) is 16.1 Å². The largest absolute Gasteiger partial charge is 0.419 e. The molecular weight excluding hydrogens is 334 g/mol. The number of carbonyl (C=O) groups is 1. The minimum absolute atomic E-state index is 0.0391. The van der Waals surface area contributed by atoms with E-state index < -0.39 is 0 Å². The van der Waals surface area contributed by atoms with Gasteiger partial charge in [-0.3, -0.25) is 14.3 Å². The van der Waals surface area contributed by atoms with Gasteiger partial charge >= 0.3 is 5.76 Å². The number of nitrogens with zero attached hydrogens (tertiary/aromatic N) is 2. The van der Waals surface area contributed by atoms with Crippen molar-refractivity contribution in [1.29, 1.82) is 0 Å². The van der Waals surface area contributed by atoms with Crippen LogP contribution in [0, 0.1) is 0 Å². The lowest BCUT2D eigenvalue weighted by atomic mass is 10.2. The van der Waals surface area contributed by atoms with Crippen LogP contribution in [0.1, 0.15) is 25.7 Å². The van der Waals surface area contributed by atoms with Gasteiger partial charge in [0.15, 0.2) is 5.58 Å². The van der Waals surface area contributed by atoms with Crippen LogP contribution in [0.5, 0.6) is 0 Å². The maximum atomic E-state index is 11.9. The van der Waals surface area contributed by atoms with E-state index in [0.29, 0.717) is 31.5 Å². The molecule has 0 radical (unpaired) electrons. The van der Waals surface area contributed by atoms with Gasteiger partial charge in [0.05, 0.1) is 18.7 Å². The van der Waals surface area contributed by atoms with E-state index in [-0.39, 0.29) is 11.7 Å². The smallest absolute Gasteiger partial charge is 0.408 e. The summed E-state index contributed by atoms with van der Waals surface area (Å²) in [5.74, 6) is -0.327. The van der Waals surface area contributed by atoms with E-state index in [0.717, 1.165) is 51.2 Å². The molecule has 1 N–H and O–H groups in total. The summed E-state index contributed by atoms with van der Waals surface area (Å²) in [7, 11) is 0. The Kier molecular flexibility index (Phi) is 6.85. The standard InChI is InChI=1S/C19H27N3O4/c23-18(20-9-3-4-10-21-12-14-25-15-13-21)8-5-11-22-16-6-1-2-7-17(16)26-19(22)24/h1-2,6-7H,3-5,8-15H2,(H,20,23). The highest BCUT2D eigenvalue weighted by Crippen LogP contribution is 2.12. The Bertz CT molecular complexity index is 761. The minimum atomic E-state index is -0.366. The lowest BCUT2D eigenvalue weighted by Gasteiger charge is -2.26. The van der Waals surface area contributed by atoms with E-state index in [9.17, 15) is 9.59 Å². The quantitative estimate of drug-likeness (QED) is 0.687. The molecule has 1 saturated heterocycles. The molecule has 2 heterocycles. The molecule has 1 aromatic carbocycles. The van der Waals surface area contributed by atoms with Crippen molar-refractivity contribution in [3.05, 3.63) is 34.8 Å². The monoisotopic (exact) mass is 361 g/mol. The van der Waals surface area contributed by atoms with Crippen molar-refractivity contribution in [3.8, 4) is 0 Å². The van der Waals surface area contributed by atoms with E-state index in [4.69, 9.17) is 9.15 Å². The molecule has 1 fully saturated rings. The third kappa shape index (κ3) is 5.19. The maximum Gasteiger partial charge on any atom is 0.419 e. The molecule has 0 atom stereocenters. The number of amides is 1. The number of ether oxygens (including phenoxy) is 1. The summed E-state index contributed by atoms with van der Waals surface area (Å²) in [5.41, 5.74) is 1.36. The SMILES string of the molecule is O=C(CCCn1c(=O)oc2ccccc21)NCCCCN1CCOCC1. The van der Waals surface area contributed by atoms with Crippen molar-refractivity contribution >= 4 is 17.0 Å². The first kappa shape index (κ1) is 18.7. The van der Waals surface area contributed by atoms with Gasteiger partial charge in [-0.05, 0) is 37.9 Å². The molecule has 0 saturated carbocycles. The fourth-order valence-electron chi connectivity index (χ4n) is 3.22. The first-order chi connectivity index (χ1) is 12.7. The van der Waals surface area contributed by atoms with Gasteiger partial charge in [0.1, 0.15) is 0 Å². The summed E-state index contributed by atoms with van der Waals surface area (Å²) in [6.45, 7) is 5.92. The molecule has 0 spiro atoms. The maximum absolute atomic E-state index is 11.9. The summed E-state index contributed by atoms with van der Waals surface area (Å²) in [6, 6.07) is 7.34. The highest BCUT2D eigenvalue weighted by Gasteiger charge is 2.10. The predicted octanol–water partition coefficient (Wildman–Crippen LogP) is 1.60. The van der Waals surface area contributed by atoms with Crippen molar-refractivity contribution in [1.82, 2.24) is 14.8 Å². The van der Waals surface area contributed by atoms with Crippen molar-refractivity contribution in [2.24, 2.45) is 0 Å². The molecule has 0 bridgehead atoms. The van der Waals surface area contributed by atoms with Crippen LogP contribution in [0.4, 0.5) is 0 Å². The lowest BCUT2D eigenvalue weighted by Crippen LogP contribution is -2.37. The molecule has 7 heteroatoms. The van der Waals surface area contributed by atoms with Crippen molar-refractivity contribution < 1.29 is 13.9 Å². The summed E-state index contributed by atoms with van der Waals surface area (Å²) in [5, 5.41) is 2.96. The van der Waals surface area contributed by atoms with E-state index >= 15 is 0 Å². The minimum Gasteiger partial charge on any atom is -0.408 e. The Labute approximate surface area is 152 Å². The predicted molar refractivity (Wildman–Crippen MR) is 99.2 cm³/mol. The van der Waals surface area contributed by atoms with E-state index in [1.165, 1.54) is 0 Å². The number of fused-ring (bicyclic) bond motifs is 1. The molecule has 26 heavy (non-hydrogen) atoms. The van der Waals surface area contributed by atoms with Gasteiger partial charge in [-0.2, -0.15) is 0 Å². The average molecular weight is 361 g/mol. The number of hydrogen-bond donors (Lipinski definition) is 1. The normalized spacial score (nSPS) is 15.4. The third-order valence-electron chi connectivity index (χ3n) is 4.69. The van der Waals surface area contributed by atoms with E-state index in [1.807, 2.05) is 18.2 Å². The van der Waals surface area contributed by atoms with Crippen LogP contribution in [0.25, 0.3) is 11.1 Å². The number of rotatable bonds is 9. The Morgan fingerprint density at radius 2 is 1.88 bits per heavy atom. The first-order valence-electron chi connectivity index (χ1n) is 9.39. The second-order valence-electron chi connectivity index (χ2n) is 6.60. The zero-order chi connectivity index (χ0) is 18.2. The molecule has 1 amide bonds.